The molecular weight excluding hydrogens is 280 g/mol. The molecule has 0 aliphatic heterocycles. The summed E-state index contributed by atoms with van der Waals surface area (Å²) in [6.07, 6.45) is 2.82. The second-order valence-corrected chi connectivity index (χ2v) is 5.27. The lowest BCUT2D eigenvalue weighted by Gasteiger charge is -2.15. The van der Waals surface area contributed by atoms with Crippen LogP contribution in [0.5, 0.6) is 5.75 Å². The van der Waals surface area contributed by atoms with Crippen molar-refractivity contribution in [2.45, 2.75) is 19.4 Å². The van der Waals surface area contributed by atoms with Gasteiger partial charge in [-0.05, 0) is 37.5 Å². The molecule has 1 atom stereocenters. The Morgan fingerprint density at radius 2 is 2.10 bits per heavy atom. The number of carboxylic acid groups (broad SMARTS) is 1. The van der Waals surface area contributed by atoms with Crippen molar-refractivity contribution in [3.8, 4) is 5.75 Å². The van der Waals surface area contributed by atoms with Crippen LogP contribution in [0.4, 0.5) is 10.5 Å². The minimum atomic E-state index is -1.25. The molecule has 1 aromatic rings. The van der Waals surface area contributed by atoms with Gasteiger partial charge in [0.1, 0.15) is 5.56 Å². The van der Waals surface area contributed by atoms with Crippen molar-refractivity contribution < 1.29 is 19.8 Å². The summed E-state index contributed by atoms with van der Waals surface area (Å²) in [4.78, 5) is 22.6. The van der Waals surface area contributed by atoms with E-state index < -0.39 is 17.7 Å². The maximum Gasteiger partial charge on any atom is 0.339 e. The fraction of sp³-hybridized carbons (Fsp3) is 0.385. The van der Waals surface area contributed by atoms with Gasteiger partial charge in [-0.1, -0.05) is 6.07 Å². The van der Waals surface area contributed by atoms with E-state index in [2.05, 4.69) is 10.6 Å². The van der Waals surface area contributed by atoms with E-state index >= 15 is 0 Å². The van der Waals surface area contributed by atoms with E-state index in [1.165, 1.54) is 18.2 Å². The van der Waals surface area contributed by atoms with Crippen molar-refractivity contribution in [1.82, 2.24) is 5.32 Å². The predicted molar refractivity (Wildman–Crippen MR) is 79.7 cm³/mol. The molecule has 0 radical (unpaired) electrons. The van der Waals surface area contributed by atoms with Crippen molar-refractivity contribution >= 4 is 29.4 Å². The Kier molecular flexibility index (Phi) is 6.17. The van der Waals surface area contributed by atoms with Crippen molar-refractivity contribution in [3.63, 3.8) is 0 Å². The van der Waals surface area contributed by atoms with E-state index in [0.29, 0.717) is 0 Å². The van der Waals surface area contributed by atoms with E-state index in [-0.39, 0.29) is 17.3 Å². The summed E-state index contributed by atoms with van der Waals surface area (Å²) in [5.41, 5.74) is -0.183. The first-order valence-electron chi connectivity index (χ1n) is 6.07. The fourth-order valence-corrected chi connectivity index (χ4v) is 2.16. The fourth-order valence-electron chi connectivity index (χ4n) is 1.57. The highest BCUT2D eigenvalue weighted by Gasteiger charge is 2.15. The van der Waals surface area contributed by atoms with Gasteiger partial charge in [-0.25, -0.2) is 9.59 Å². The van der Waals surface area contributed by atoms with Crippen LogP contribution in [0, 0.1) is 0 Å². The number of anilines is 1. The van der Waals surface area contributed by atoms with Gasteiger partial charge in [0.25, 0.3) is 0 Å². The molecule has 20 heavy (non-hydrogen) atoms. The Morgan fingerprint density at radius 3 is 2.70 bits per heavy atom. The third-order valence-electron chi connectivity index (χ3n) is 2.65. The van der Waals surface area contributed by atoms with Gasteiger partial charge in [-0.3, -0.25) is 0 Å². The molecule has 110 valence electrons. The van der Waals surface area contributed by atoms with Crippen LogP contribution >= 0.6 is 11.8 Å². The maximum absolute atomic E-state index is 11.7. The molecule has 0 aliphatic rings. The minimum absolute atomic E-state index is 0.00718. The number of thioether (sulfide) groups is 1. The summed E-state index contributed by atoms with van der Waals surface area (Å²) in [5, 5.41) is 23.8. The monoisotopic (exact) mass is 298 g/mol. The first kappa shape index (κ1) is 16.2. The molecule has 0 fully saturated rings. The Hall–Kier alpha value is -1.89. The van der Waals surface area contributed by atoms with Gasteiger partial charge >= 0.3 is 12.0 Å². The van der Waals surface area contributed by atoms with Gasteiger partial charge in [0.15, 0.2) is 5.75 Å². The van der Waals surface area contributed by atoms with Crippen LogP contribution < -0.4 is 10.6 Å². The highest BCUT2D eigenvalue weighted by atomic mass is 32.2. The molecular formula is C13H18N2O4S. The molecule has 1 rings (SSSR count). The zero-order valence-corrected chi connectivity index (χ0v) is 12.2. The molecule has 0 spiro atoms. The summed E-state index contributed by atoms with van der Waals surface area (Å²) in [6.45, 7) is 1.88. The Balaban J connectivity index is 2.67. The first-order valence-corrected chi connectivity index (χ1v) is 7.46. The summed E-state index contributed by atoms with van der Waals surface area (Å²) >= 11 is 1.69. The summed E-state index contributed by atoms with van der Waals surface area (Å²) in [6, 6.07) is 3.68. The predicted octanol–water partition coefficient (Wildman–Crippen LogP) is 2.35. The largest absolute Gasteiger partial charge is 0.505 e. The van der Waals surface area contributed by atoms with Crippen LogP contribution in [0.1, 0.15) is 23.7 Å². The van der Waals surface area contributed by atoms with Crippen molar-refractivity contribution in [3.05, 3.63) is 23.8 Å². The number of phenols is 1. The second-order valence-electron chi connectivity index (χ2n) is 4.29. The molecule has 0 saturated carbocycles. The van der Waals surface area contributed by atoms with Crippen molar-refractivity contribution in [1.29, 1.82) is 0 Å². The number of benzene rings is 1. The number of carbonyl (C=O) groups excluding carboxylic acids is 1. The molecule has 1 aromatic carbocycles. The van der Waals surface area contributed by atoms with E-state index in [1.807, 2.05) is 13.2 Å². The number of aromatic carboxylic acids is 1. The highest BCUT2D eigenvalue weighted by Crippen LogP contribution is 2.27. The normalized spacial score (nSPS) is 11.7. The molecule has 0 aliphatic carbocycles. The third-order valence-corrected chi connectivity index (χ3v) is 3.29. The standard InChI is InChI=1S/C13H18N2O4S/c1-8(6-7-20-2)14-13(19)15-10-5-3-4-9(11(10)16)12(17)18/h3-5,8,16H,6-7H2,1-2H3,(H,17,18)(H2,14,15,19). The SMILES string of the molecule is CSCCC(C)NC(=O)Nc1cccc(C(=O)O)c1O. The Bertz CT molecular complexity index is 493. The molecule has 0 aromatic heterocycles. The van der Waals surface area contributed by atoms with Crippen LogP contribution in [0.2, 0.25) is 0 Å². The summed E-state index contributed by atoms with van der Waals surface area (Å²) in [5.74, 6) is -0.770. The van der Waals surface area contributed by atoms with E-state index in [1.54, 1.807) is 11.8 Å². The Morgan fingerprint density at radius 1 is 1.40 bits per heavy atom. The molecule has 0 bridgehead atoms. The average Bonchev–Trinajstić information content (AvgIpc) is 2.38. The zero-order chi connectivity index (χ0) is 15.1. The van der Waals surface area contributed by atoms with Gasteiger partial charge in [0.05, 0.1) is 5.69 Å². The van der Waals surface area contributed by atoms with E-state index in [4.69, 9.17) is 5.11 Å². The molecule has 1 unspecified atom stereocenters. The van der Waals surface area contributed by atoms with Crippen molar-refractivity contribution in [2.75, 3.05) is 17.3 Å². The van der Waals surface area contributed by atoms with Crippen LogP contribution in [0.25, 0.3) is 0 Å². The summed E-state index contributed by atoms with van der Waals surface area (Å²) < 4.78 is 0. The van der Waals surface area contributed by atoms with Crippen LogP contribution in [0.3, 0.4) is 0 Å². The molecule has 2 amide bonds. The number of urea groups is 1. The topological polar surface area (TPSA) is 98.7 Å². The van der Waals surface area contributed by atoms with Gasteiger partial charge in [-0.15, -0.1) is 0 Å². The van der Waals surface area contributed by atoms with E-state index in [9.17, 15) is 14.7 Å². The third kappa shape index (κ3) is 4.65. The molecule has 0 saturated heterocycles. The number of rotatable bonds is 6. The number of nitrogens with one attached hydrogen (secondary N) is 2. The number of para-hydroxylation sites is 1. The summed E-state index contributed by atoms with van der Waals surface area (Å²) in [7, 11) is 0. The van der Waals surface area contributed by atoms with Crippen LogP contribution in [0.15, 0.2) is 18.2 Å². The van der Waals surface area contributed by atoms with Gasteiger partial charge in [0, 0.05) is 6.04 Å². The second kappa shape index (κ2) is 7.64. The lowest BCUT2D eigenvalue weighted by molar-refractivity contribution is 0.0693. The van der Waals surface area contributed by atoms with Gasteiger partial charge in [-0.2, -0.15) is 11.8 Å². The minimum Gasteiger partial charge on any atom is -0.505 e. The Labute approximate surface area is 121 Å². The number of hydrogen-bond acceptors (Lipinski definition) is 4. The van der Waals surface area contributed by atoms with Gasteiger partial charge < -0.3 is 20.8 Å². The average molecular weight is 298 g/mol. The molecule has 7 heteroatoms. The quantitative estimate of drug-likeness (QED) is 0.604. The lowest BCUT2D eigenvalue weighted by atomic mass is 10.1. The van der Waals surface area contributed by atoms with Crippen LogP contribution in [-0.2, 0) is 0 Å². The molecule has 6 nitrogen and oxygen atoms in total. The maximum atomic E-state index is 11.7. The number of carboxylic acids is 1. The number of amides is 2. The van der Waals surface area contributed by atoms with Crippen LogP contribution in [-0.4, -0.2) is 40.3 Å². The number of carbonyl (C=O) groups is 2. The molecule has 4 N–H and O–H groups in total. The zero-order valence-electron chi connectivity index (χ0n) is 11.3. The first-order chi connectivity index (χ1) is 9.45. The smallest absolute Gasteiger partial charge is 0.339 e. The number of aromatic hydroxyl groups is 1. The molecule has 0 heterocycles. The van der Waals surface area contributed by atoms with Crippen molar-refractivity contribution in [2.24, 2.45) is 0 Å². The van der Waals surface area contributed by atoms with Gasteiger partial charge in [0.2, 0.25) is 0 Å². The highest BCUT2D eigenvalue weighted by molar-refractivity contribution is 7.98. The lowest BCUT2D eigenvalue weighted by Crippen LogP contribution is -2.36. The number of hydrogen-bond donors (Lipinski definition) is 4. The van der Waals surface area contributed by atoms with E-state index in [0.717, 1.165) is 12.2 Å².